The second-order valence-corrected chi connectivity index (χ2v) is 8.92. The number of aromatic nitrogens is 1. The number of aryl methyl sites for hydroxylation is 1. The topological polar surface area (TPSA) is 79.7 Å². The number of ether oxygens (including phenoxy) is 1. The molecule has 0 bridgehead atoms. The summed E-state index contributed by atoms with van der Waals surface area (Å²) in [7, 11) is 0. The minimum atomic E-state index is -0.774. The minimum absolute atomic E-state index is 0.000789. The van der Waals surface area contributed by atoms with Crippen molar-refractivity contribution in [2.75, 3.05) is 0 Å². The van der Waals surface area contributed by atoms with Gasteiger partial charge in [-0.3, -0.25) is 14.6 Å². The van der Waals surface area contributed by atoms with Gasteiger partial charge >= 0.3 is 0 Å². The van der Waals surface area contributed by atoms with E-state index in [9.17, 15) is 14.7 Å². The average Bonchev–Trinajstić information content (AvgIpc) is 3.06. The molecule has 1 aromatic heterocycles. The highest BCUT2D eigenvalue weighted by atomic mass is 35.5. The first kappa shape index (κ1) is 23.5. The summed E-state index contributed by atoms with van der Waals surface area (Å²) in [6, 6.07) is 14.9. The van der Waals surface area contributed by atoms with Crippen molar-refractivity contribution in [1.29, 1.82) is 0 Å². The number of Topliss-reactive ketones (excluding diaryl/α,β-unsaturated/α-hetero) is 1. The third-order valence-corrected chi connectivity index (χ3v) is 5.86. The fraction of sp³-hybridized carbons (Fsp3) is 0.222. The number of amides is 1. The van der Waals surface area contributed by atoms with Crippen molar-refractivity contribution < 1.29 is 19.4 Å². The lowest BCUT2D eigenvalue weighted by molar-refractivity contribution is -0.140. The number of ketones is 1. The van der Waals surface area contributed by atoms with E-state index in [-0.39, 0.29) is 24.0 Å². The summed E-state index contributed by atoms with van der Waals surface area (Å²) in [6.45, 7) is 5.90. The van der Waals surface area contributed by atoms with Crippen LogP contribution in [0.1, 0.15) is 42.1 Å². The number of hydrogen-bond donors (Lipinski definition) is 1. The highest BCUT2D eigenvalue weighted by molar-refractivity contribution is 6.46. The van der Waals surface area contributed by atoms with Gasteiger partial charge in [-0.25, -0.2) is 0 Å². The number of pyridine rings is 1. The first-order valence-electron chi connectivity index (χ1n) is 11.0. The largest absolute Gasteiger partial charge is 0.507 e. The van der Waals surface area contributed by atoms with Crippen LogP contribution in [0, 0.1) is 6.92 Å². The molecule has 0 radical (unpaired) electrons. The van der Waals surface area contributed by atoms with Crippen molar-refractivity contribution in [3.8, 4) is 5.75 Å². The Morgan fingerprint density at radius 1 is 1.15 bits per heavy atom. The van der Waals surface area contributed by atoms with Gasteiger partial charge in [0, 0.05) is 29.5 Å². The first-order chi connectivity index (χ1) is 16.3. The maximum absolute atomic E-state index is 13.2. The molecule has 6 nitrogen and oxygen atoms in total. The summed E-state index contributed by atoms with van der Waals surface area (Å²) in [5, 5.41) is 11.8. The molecule has 1 aliphatic heterocycles. The Hall–Kier alpha value is -3.64. The molecule has 0 aliphatic carbocycles. The molecule has 1 fully saturated rings. The molecule has 0 unspecified atom stereocenters. The van der Waals surface area contributed by atoms with Gasteiger partial charge in [-0.2, -0.15) is 0 Å². The van der Waals surface area contributed by atoms with Gasteiger partial charge in [-0.15, -0.1) is 0 Å². The molecule has 2 aromatic carbocycles. The predicted octanol–water partition coefficient (Wildman–Crippen LogP) is 5.45. The van der Waals surface area contributed by atoms with Crippen molar-refractivity contribution in [3.63, 3.8) is 0 Å². The van der Waals surface area contributed by atoms with Crippen molar-refractivity contribution in [1.82, 2.24) is 9.88 Å². The third-order valence-electron chi connectivity index (χ3n) is 5.61. The zero-order chi connectivity index (χ0) is 24.4. The van der Waals surface area contributed by atoms with Gasteiger partial charge in [-0.1, -0.05) is 29.8 Å². The molecule has 1 saturated heterocycles. The van der Waals surface area contributed by atoms with Crippen LogP contribution in [-0.4, -0.2) is 32.8 Å². The Balaban J connectivity index is 1.82. The van der Waals surface area contributed by atoms with Crippen LogP contribution in [0.15, 0.2) is 72.6 Å². The SMILES string of the molecule is Cc1cc(/C(O)=C2\C(=O)C(=O)N(Cc3cccnc3)[C@H]2c2ccc(Cl)cc2)ccc1OC(C)C. The second-order valence-electron chi connectivity index (χ2n) is 8.49. The lowest BCUT2D eigenvalue weighted by Crippen LogP contribution is -2.29. The Bertz CT molecular complexity index is 1250. The predicted molar refractivity (Wildman–Crippen MR) is 130 cm³/mol. The number of halogens is 1. The number of nitrogens with zero attached hydrogens (tertiary/aromatic N) is 2. The maximum atomic E-state index is 13.2. The number of carbonyl (C=O) groups is 2. The summed E-state index contributed by atoms with van der Waals surface area (Å²) in [5.74, 6) is -0.952. The van der Waals surface area contributed by atoms with E-state index in [1.165, 1.54) is 4.90 Å². The molecule has 1 N–H and O–H groups in total. The summed E-state index contributed by atoms with van der Waals surface area (Å²) in [6.07, 6.45) is 3.29. The van der Waals surface area contributed by atoms with E-state index in [2.05, 4.69) is 4.98 Å². The highest BCUT2D eigenvalue weighted by Gasteiger charge is 2.46. The summed E-state index contributed by atoms with van der Waals surface area (Å²) < 4.78 is 5.78. The quantitative estimate of drug-likeness (QED) is 0.290. The molecule has 174 valence electrons. The van der Waals surface area contributed by atoms with Crippen molar-refractivity contribution in [3.05, 3.63) is 99.8 Å². The van der Waals surface area contributed by atoms with E-state index in [1.807, 2.05) is 26.8 Å². The van der Waals surface area contributed by atoms with E-state index in [0.717, 1.165) is 11.1 Å². The number of rotatable bonds is 6. The highest BCUT2D eigenvalue weighted by Crippen LogP contribution is 2.41. The Morgan fingerprint density at radius 2 is 1.88 bits per heavy atom. The summed E-state index contributed by atoms with van der Waals surface area (Å²) in [5.41, 5.74) is 2.73. The number of aliphatic hydroxyl groups is 1. The van der Waals surface area contributed by atoms with Crippen LogP contribution < -0.4 is 4.74 Å². The monoisotopic (exact) mass is 476 g/mol. The van der Waals surface area contributed by atoms with Crippen LogP contribution in [0.2, 0.25) is 5.02 Å². The van der Waals surface area contributed by atoms with Crippen LogP contribution in [0.4, 0.5) is 0 Å². The summed E-state index contributed by atoms with van der Waals surface area (Å²) in [4.78, 5) is 31.9. The van der Waals surface area contributed by atoms with Crippen LogP contribution in [-0.2, 0) is 16.1 Å². The minimum Gasteiger partial charge on any atom is -0.507 e. The molecule has 3 aromatic rings. The first-order valence-corrected chi connectivity index (χ1v) is 11.3. The van der Waals surface area contributed by atoms with Crippen LogP contribution in [0.3, 0.4) is 0 Å². The van der Waals surface area contributed by atoms with E-state index >= 15 is 0 Å². The van der Waals surface area contributed by atoms with Gasteiger partial charge in [-0.05, 0) is 73.9 Å². The molecule has 4 rings (SSSR count). The van der Waals surface area contributed by atoms with Crippen molar-refractivity contribution in [2.24, 2.45) is 0 Å². The van der Waals surface area contributed by atoms with Crippen molar-refractivity contribution >= 4 is 29.1 Å². The average molecular weight is 477 g/mol. The maximum Gasteiger partial charge on any atom is 0.295 e. The number of carbonyl (C=O) groups excluding carboxylic acids is 2. The molecule has 1 amide bonds. The molecule has 34 heavy (non-hydrogen) atoms. The number of likely N-dealkylation sites (tertiary alicyclic amines) is 1. The Morgan fingerprint density at radius 3 is 2.50 bits per heavy atom. The molecule has 1 atom stereocenters. The molecular weight excluding hydrogens is 452 g/mol. The van der Waals surface area contributed by atoms with Crippen LogP contribution >= 0.6 is 11.6 Å². The number of hydrogen-bond acceptors (Lipinski definition) is 5. The second kappa shape index (κ2) is 9.69. The Kier molecular flexibility index (Phi) is 6.70. The van der Waals surface area contributed by atoms with Gasteiger partial charge in [0.1, 0.15) is 11.5 Å². The lowest BCUT2D eigenvalue weighted by atomic mass is 9.94. The Labute approximate surface area is 203 Å². The fourth-order valence-corrected chi connectivity index (χ4v) is 4.19. The van der Waals surface area contributed by atoms with E-state index in [1.54, 1.807) is 60.9 Å². The zero-order valence-electron chi connectivity index (χ0n) is 19.2. The normalized spacial score (nSPS) is 17.4. The standard InChI is InChI=1S/C27H25ClN2O4/c1-16(2)34-22-11-8-20(13-17(22)3)25(31)23-24(19-6-9-21(28)10-7-19)30(27(33)26(23)32)15-18-5-4-12-29-14-18/h4-14,16,24,31H,15H2,1-3H3/b25-23+/t24-/m0/s1. The van der Waals surface area contributed by atoms with E-state index in [0.29, 0.717) is 21.9 Å². The molecule has 2 heterocycles. The molecule has 7 heteroatoms. The smallest absolute Gasteiger partial charge is 0.295 e. The van der Waals surface area contributed by atoms with E-state index < -0.39 is 17.7 Å². The van der Waals surface area contributed by atoms with Gasteiger partial charge in [0.05, 0.1) is 17.7 Å². The molecule has 0 spiro atoms. The summed E-state index contributed by atoms with van der Waals surface area (Å²) >= 11 is 6.08. The molecule has 1 aliphatic rings. The van der Waals surface area contributed by atoms with Crippen LogP contribution in [0.25, 0.3) is 5.76 Å². The molecular formula is C27H25ClN2O4. The van der Waals surface area contributed by atoms with E-state index in [4.69, 9.17) is 16.3 Å². The van der Waals surface area contributed by atoms with Gasteiger partial charge in [0.2, 0.25) is 0 Å². The lowest BCUT2D eigenvalue weighted by Gasteiger charge is -2.25. The van der Waals surface area contributed by atoms with Crippen molar-refractivity contribution in [2.45, 2.75) is 39.5 Å². The number of benzene rings is 2. The van der Waals surface area contributed by atoms with Gasteiger partial charge in [0.15, 0.2) is 0 Å². The zero-order valence-corrected chi connectivity index (χ0v) is 19.9. The molecule has 0 saturated carbocycles. The van der Waals surface area contributed by atoms with Gasteiger partial charge in [0.25, 0.3) is 11.7 Å². The van der Waals surface area contributed by atoms with Gasteiger partial charge < -0.3 is 14.7 Å². The third kappa shape index (κ3) is 4.68. The number of aliphatic hydroxyl groups excluding tert-OH is 1. The fourth-order valence-electron chi connectivity index (χ4n) is 4.06. The van der Waals surface area contributed by atoms with Crippen LogP contribution in [0.5, 0.6) is 5.75 Å².